The van der Waals surface area contributed by atoms with Gasteiger partial charge in [-0.3, -0.25) is 14.5 Å². The Bertz CT molecular complexity index is 1470. The molecule has 0 bridgehead atoms. The molecule has 0 spiro atoms. The van der Waals surface area contributed by atoms with E-state index >= 15 is 0 Å². The van der Waals surface area contributed by atoms with Gasteiger partial charge in [0.1, 0.15) is 6.54 Å². The molecule has 0 radical (unpaired) electrons. The van der Waals surface area contributed by atoms with Crippen molar-refractivity contribution in [1.82, 2.24) is 19.3 Å². The lowest BCUT2D eigenvalue weighted by atomic mass is 10.0. The number of benzene rings is 3. The topological polar surface area (TPSA) is 58.0 Å². The van der Waals surface area contributed by atoms with Gasteiger partial charge >= 0.3 is 0 Å². The Morgan fingerprint density at radius 2 is 1.61 bits per heavy atom. The van der Waals surface area contributed by atoms with Crippen molar-refractivity contribution in [2.45, 2.75) is 32.0 Å². The molecule has 3 aromatic carbocycles. The second kappa shape index (κ2) is 12.7. The molecule has 0 N–H and O–H groups in total. The summed E-state index contributed by atoms with van der Waals surface area (Å²) < 4.78 is 7.73. The summed E-state index contributed by atoms with van der Waals surface area (Å²) in [7, 11) is 0. The van der Waals surface area contributed by atoms with Gasteiger partial charge in [0.25, 0.3) is 5.91 Å². The lowest BCUT2D eigenvalue weighted by molar-refractivity contribution is -0.133. The lowest BCUT2D eigenvalue weighted by Gasteiger charge is -2.32. The van der Waals surface area contributed by atoms with Crippen molar-refractivity contribution in [3.05, 3.63) is 108 Å². The molecule has 2 aliphatic rings. The van der Waals surface area contributed by atoms with Crippen LogP contribution in [0.5, 0.6) is 0 Å². The van der Waals surface area contributed by atoms with Crippen LogP contribution in [-0.4, -0.2) is 83.1 Å². The average molecular weight is 551 g/mol. The summed E-state index contributed by atoms with van der Waals surface area (Å²) in [6.07, 6.45) is 4.10. The molecular weight excluding hydrogens is 512 g/mol. The van der Waals surface area contributed by atoms with E-state index in [1.54, 1.807) is 4.90 Å². The van der Waals surface area contributed by atoms with Crippen molar-refractivity contribution in [3.8, 4) is 0 Å². The fraction of sp³-hybridized carbons (Fsp3) is 0.353. The molecule has 41 heavy (non-hydrogen) atoms. The Morgan fingerprint density at radius 1 is 0.854 bits per heavy atom. The fourth-order valence-electron chi connectivity index (χ4n) is 5.68. The quantitative estimate of drug-likeness (QED) is 0.273. The predicted molar refractivity (Wildman–Crippen MR) is 161 cm³/mol. The van der Waals surface area contributed by atoms with Crippen molar-refractivity contribution >= 4 is 22.6 Å². The molecule has 4 aromatic rings. The number of ether oxygens (including phenoxy) is 1. The van der Waals surface area contributed by atoms with Gasteiger partial charge in [-0.25, -0.2) is 0 Å². The van der Waals surface area contributed by atoms with Crippen LogP contribution in [0.3, 0.4) is 0 Å². The number of amides is 2. The van der Waals surface area contributed by atoms with E-state index in [4.69, 9.17) is 4.74 Å². The van der Waals surface area contributed by atoms with E-state index in [-0.39, 0.29) is 24.4 Å². The van der Waals surface area contributed by atoms with Gasteiger partial charge in [-0.15, -0.1) is 0 Å². The van der Waals surface area contributed by atoms with E-state index in [0.717, 1.165) is 55.5 Å². The number of hydrogen-bond donors (Lipinski definition) is 0. The molecule has 0 unspecified atom stereocenters. The molecule has 1 saturated heterocycles. The third kappa shape index (κ3) is 6.69. The van der Waals surface area contributed by atoms with Crippen LogP contribution in [0.1, 0.15) is 34.5 Å². The minimum Gasteiger partial charge on any atom is -0.379 e. The summed E-state index contributed by atoms with van der Waals surface area (Å²) in [5, 5.41) is 1.94. The molecular formula is C34H38N4O3. The number of carbonyl (C=O) groups excluding carboxylic acids is 2. The van der Waals surface area contributed by atoms with Gasteiger partial charge in [-0.05, 0) is 47.4 Å². The minimum atomic E-state index is -0.0911. The number of carbonyl (C=O) groups is 2. The van der Waals surface area contributed by atoms with Crippen molar-refractivity contribution < 1.29 is 14.3 Å². The van der Waals surface area contributed by atoms with Crippen LogP contribution in [0.4, 0.5) is 0 Å². The number of fused-ring (bicyclic) bond motifs is 1. The van der Waals surface area contributed by atoms with Crippen LogP contribution < -0.4 is 0 Å². The highest BCUT2D eigenvalue weighted by atomic mass is 16.5. The standard InChI is InChI=1S/C34H38N4O3/c39-33(38(29-15-16-29)25-30-12-7-17-36(30)24-27-8-2-1-3-9-27)26-37(19-18-35-20-22-41-23-21-35)34(40)32-14-6-11-28-10-4-5-13-31(28)32/h1-14,17,29H,15-16,18-26H2. The van der Waals surface area contributed by atoms with Crippen LogP contribution in [-0.2, 0) is 22.6 Å². The second-order valence-corrected chi connectivity index (χ2v) is 11.1. The SMILES string of the molecule is O=C(c1cccc2ccccc12)N(CCN1CCOCC1)CC(=O)N(Cc1cccn1Cc1ccccc1)C1CC1. The molecule has 6 rings (SSSR count). The number of aromatic nitrogens is 1. The van der Waals surface area contributed by atoms with Crippen LogP contribution >= 0.6 is 0 Å². The van der Waals surface area contributed by atoms with Crippen LogP contribution in [0.25, 0.3) is 10.8 Å². The predicted octanol–water partition coefficient (Wildman–Crippen LogP) is 4.66. The van der Waals surface area contributed by atoms with E-state index in [9.17, 15) is 9.59 Å². The first-order valence-electron chi connectivity index (χ1n) is 14.7. The minimum absolute atomic E-state index is 0.00975. The Morgan fingerprint density at radius 3 is 2.41 bits per heavy atom. The van der Waals surface area contributed by atoms with E-state index < -0.39 is 0 Å². The maximum Gasteiger partial charge on any atom is 0.254 e. The molecule has 1 aliphatic carbocycles. The van der Waals surface area contributed by atoms with Gasteiger partial charge in [0.15, 0.2) is 0 Å². The maximum atomic E-state index is 14.1. The average Bonchev–Trinajstić information content (AvgIpc) is 3.77. The monoisotopic (exact) mass is 550 g/mol. The maximum absolute atomic E-state index is 14.1. The first-order valence-corrected chi connectivity index (χ1v) is 14.7. The normalized spacial score (nSPS) is 15.6. The van der Waals surface area contributed by atoms with Crippen molar-refractivity contribution in [2.24, 2.45) is 0 Å². The largest absolute Gasteiger partial charge is 0.379 e. The van der Waals surface area contributed by atoms with Crippen molar-refractivity contribution in [1.29, 1.82) is 0 Å². The summed E-state index contributed by atoms with van der Waals surface area (Å²) in [6, 6.07) is 28.5. The third-order valence-electron chi connectivity index (χ3n) is 8.18. The Labute approximate surface area is 241 Å². The molecule has 1 aliphatic heterocycles. The number of morpholine rings is 1. The third-order valence-corrected chi connectivity index (χ3v) is 8.18. The molecule has 1 saturated carbocycles. The van der Waals surface area contributed by atoms with Gasteiger partial charge in [0, 0.05) is 56.2 Å². The summed E-state index contributed by atoms with van der Waals surface area (Å²) in [5.41, 5.74) is 2.98. The Kier molecular flexibility index (Phi) is 8.44. The number of hydrogen-bond acceptors (Lipinski definition) is 4. The van der Waals surface area contributed by atoms with E-state index in [0.29, 0.717) is 31.9 Å². The zero-order chi connectivity index (χ0) is 28.0. The van der Waals surface area contributed by atoms with Gasteiger partial charge in [-0.1, -0.05) is 66.7 Å². The zero-order valence-electron chi connectivity index (χ0n) is 23.5. The summed E-state index contributed by atoms with van der Waals surface area (Å²) in [5.74, 6) is -0.0814. The lowest BCUT2D eigenvalue weighted by Crippen LogP contribution is -2.47. The first kappa shape index (κ1) is 27.2. The number of rotatable bonds is 11. The molecule has 1 aromatic heterocycles. The molecule has 7 heteroatoms. The second-order valence-electron chi connectivity index (χ2n) is 11.1. The van der Waals surface area contributed by atoms with Gasteiger partial charge in [0.05, 0.1) is 19.8 Å². The summed E-state index contributed by atoms with van der Waals surface area (Å²) >= 11 is 0. The molecule has 7 nitrogen and oxygen atoms in total. The fourth-order valence-corrected chi connectivity index (χ4v) is 5.68. The van der Waals surface area contributed by atoms with Gasteiger partial charge in [-0.2, -0.15) is 0 Å². The van der Waals surface area contributed by atoms with E-state index in [1.165, 1.54) is 5.56 Å². The highest BCUT2D eigenvalue weighted by molar-refractivity contribution is 6.07. The smallest absolute Gasteiger partial charge is 0.254 e. The molecule has 2 amide bonds. The summed E-state index contributed by atoms with van der Waals surface area (Å²) in [4.78, 5) is 34.1. The van der Waals surface area contributed by atoms with Gasteiger partial charge < -0.3 is 19.1 Å². The molecule has 0 atom stereocenters. The summed E-state index contributed by atoms with van der Waals surface area (Å²) in [6.45, 7) is 5.69. The zero-order valence-corrected chi connectivity index (χ0v) is 23.5. The van der Waals surface area contributed by atoms with Crippen LogP contribution in [0, 0.1) is 0 Å². The van der Waals surface area contributed by atoms with Crippen molar-refractivity contribution in [3.63, 3.8) is 0 Å². The van der Waals surface area contributed by atoms with Crippen LogP contribution in [0.2, 0.25) is 0 Å². The van der Waals surface area contributed by atoms with E-state index in [2.05, 4.69) is 46.0 Å². The highest BCUT2D eigenvalue weighted by Gasteiger charge is 2.34. The Hall–Kier alpha value is -3.94. The molecule has 2 heterocycles. The first-order chi connectivity index (χ1) is 20.2. The van der Waals surface area contributed by atoms with E-state index in [1.807, 2.05) is 59.5 Å². The highest BCUT2D eigenvalue weighted by Crippen LogP contribution is 2.29. The Balaban J connectivity index is 1.21. The van der Waals surface area contributed by atoms with Crippen LogP contribution in [0.15, 0.2) is 91.1 Å². The van der Waals surface area contributed by atoms with Gasteiger partial charge in [0.2, 0.25) is 5.91 Å². The molecule has 212 valence electrons. The van der Waals surface area contributed by atoms with Crippen molar-refractivity contribution in [2.75, 3.05) is 45.9 Å². The number of nitrogens with zero attached hydrogens (tertiary/aromatic N) is 4. The molecule has 2 fully saturated rings.